The highest BCUT2D eigenvalue weighted by Gasteiger charge is 2.24. The molecule has 4 heteroatoms. The largest absolute Gasteiger partial charge is 0.252 e. The van der Waals surface area contributed by atoms with Crippen molar-refractivity contribution in [3.05, 3.63) is 82.2 Å². The Bertz CT molecular complexity index is 698. The molecule has 0 radical (unpaired) electrons. The van der Waals surface area contributed by atoms with Gasteiger partial charge in [-0.2, -0.15) is 0 Å². The van der Waals surface area contributed by atoms with Crippen molar-refractivity contribution in [2.45, 2.75) is 17.2 Å². The Morgan fingerprint density at radius 2 is 1.48 bits per heavy atom. The summed E-state index contributed by atoms with van der Waals surface area (Å²) in [6.45, 7) is 1.94. The van der Waals surface area contributed by atoms with Crippen LogP contribution in [0.1, 0.15) is 21.4 Å². The topological polar surface area (TPSA) is 30.0 Å². The average molecular weight is 313 g/mol. The highest BCUT2D eigenvalue weighted by molar-refractivity contribution is 7.85. The Balaban J connectivity index is 2.07. The summed E-state index contributed by atoms with van der Waals surface area (Å²) in [5.74, 6) is 0. The lowest BCUT2D eigenvalue weighted by Gasteiger charge is -2.16. The molecule has 1 heterocycles. The van der Waals surface area contributed by atoms with Crippen molar-refractivity contribution in [2.75, 3.05) is 0 Å². The number of aryl methyl sites for hydroxylation is 1. The summed E-state index contributed by atoms with van der Waals surface area (Å²) in [5, 5.41) is 3.31. The molecule has 1 atom stereocenters. The molecule has 1 aromatic heterocycles. The summed E-state index contributed by atoms with van der Waals surface area (Å²) in [6, 6.07) is 20.0. The minimum atomic E-state index is -1.20. The highest BCUT2D eigenvalue weighted by Crippen LogP contribution is 2.32. The fourth-order valence-electron chi connectivity index (χ4n) is 2.25. The van der Waals surface area contributed by atoms with E-state index in [9.17, 15) is 4.21 Å². The molecular weight excluding hydrogens is 298 g/mol. The van der Waals surface area contributed by atoms with E-state index >= 15 is 0 Å². The van der Waals surface area contributed by atoms with Gasteiger partial charge in [-0.1, -0.05) is 60.7 Å². The van der Waals surface area contributed by atoms with E-state index in [1.165, 1.54) is 11.3 Å². The minimum Gasteiger partial charge on any atom is -0.252 e. The molecule has 3 aromatic rings. The molecule has 0 bridgehead atoms. The third kappa shape index (κ3) is 3.12. The Hall–Kier alpha value is -1.78. The van der Waals surface area contributed by atoms with E-state index in [4.69, 9.17) is 0 Å². The van der Waals surface area contributed by atoms with Gasteiger partial charge >= 0.3 is 0 Å². The molecule has 0 amide bonds. The smallest absolute Gasteiger partial charge is 0.139 e. The maximum Gasteiger partial charge on any atom is 0.139 e. The Kier molecular flexibility index (Phi) is 4.27. The number of aromatic nitrogens is 1. The lowest BCUT2D eigenvalue weighted by atomic mass is 10.0. The van der Waals surface area contributed by atoms with Crippen LogP contribution in [0.25, 0.3) is 0 Å². The zero-order valence-corrected chi connectivity index (χ0v) is 13.2. The summed E-state index contributed by atoms with van der Waals surface area (Å²) in [7, 11) is -1.20. The van der Waals surface area contributed by atoms with E-state index in [0.717, 1.165) is 16.1 Å². The molecule has 0 saturated heterocycles. The fourth-order valence-corrected chi connectivity index (χ4v) is 4.59. The van der Waals surface area contributed by atoms with Crippen LogP contribution in [0.2, 0.25) is 0 Å². The van der Waals surface area contributed by atoms with Gasteiger partial charge in [0, 0.05) is 5.38 Å². The van der Waals surface area contributed by atoms with Crippen molar-refractivity contribution in [3.8, 4) is 0 Å². The number of benzene rings is 2. The molecule has 0 aliphatic heterocycles. The van der Waals surface area contributed by atoms with Gasteiger partial charge < -0.3 is 0 Å². The van der Waals surface area contributed by atoms with Gasteiger partial charge in [0.25, 0.3) is 0 Å². The van der Waals surface area contributed by atoms with Crippen LogP contribution < -0.4 is 0 Å². The molecule has 3 rings (SSSR count). The Morgan fingerprint density at radius 1 is 0.952 bits per heavy atom. The lowest BCUT2D eigenvalue weighted by molar-refractivity contribution is 0.675. The van der Waals surface area contributed by atoms with Crippen LogP contribution in [0.4, 0.5) is 0 Å². The Labute approximate surface area is 131 Å². The van der Waals surface area contributed by atoms with Crippen molar-refractivity contribution in [1.29, 1.82) is 0 Å². The maximum atomic E-state index is 13.0. The van der Waals surface area contributed by atoms with Crippen molar-refractivity contribution in [2.24, 2.45) is 0 Å². The maximum absolute atomic E-state index is 13.0. The molecule has 2 nitrogen and oxygen atoms in total. The van der Waals surface area contributed by atoms with Gasteiger partial charge in [-0.15, -0.1) is 11.3 Å². The number of hydrogen-bond donors (Lipinski definition) is 0. The van der Waals surface area contributed by atoms with Crippen molar-refractivity contribution >= 4 is 22.1 Å². The second-order valence-corrected chi connectivity index (χ2v) is 7.25. The number of hydrogen-bond acceptors (Lipinski definition) is 3. The quantitative estimate of drug-likeness (QED) is 0.717. The van der Waals surface area contributed by atoms with Crippen LogP contribution in [-0.2, 0) is 10.8 Å². The molecule has 21 heavy (non-hydrogen) atoms. The lowest BCUT2D eigenvalue weighted by Crippen LogP contribution is -2.09. The number of nitrogens with zero attached hydrogens (tertiary/aromatic N) is 1. The molecule has 0 spiro atoms. The van der Waals surface area contributed by atoms with Crippen LogP contribution >= 0.6 is 11.3 Å². The monoisotopic (exact) mass is 313 g/mol. The highest BCUT2D eigenvalue weighted by atomic mass is 32.2. The molecule has 106 valence electrons. The molecule has 0 N–H and O–H groups in total. The normalized spacial score (nSPS) is 12.5. The van der Waals surface area contributed by atoms with Crippen molar-refractivity contribution < 1.29 is 4.21 Å². The van der Waals surface area contributed by atoms with Gasteiger partial charge in [0.2, 0.25) is 0 Å². The van der Waals surface area contributed by atoms with Crippen molar-refractivity contribution in [3.63, 3.8) is 0 Å². The van der Waals surface area contributed by atoms with Gasteiger partial charge in [0.15, 0.2) is 0 Å². The Morgan fingerprint density at radius 3 is 1.90 bits per heavy atom. The molecule has 0 saturated carbocycles. The van der Waals surface area contributed by atoms with Crippen LogP contribution in [0.3, 0.4) is 0 Å². The van der Waals surface area contributed by atoms with E-state index < -0.39 is 10.8 Å². The predicted molar refractivity (Wildman–Crippen MR) is 88.0 cm³/mol. The molecule has 0 aliphatic carbocycles. The van der Waals surface area contributed by atoms with E-state index in [0.29, 0.717) is 5.03 Å². The van der Waals surface area contributed by atoms with E-state index in [1.54, 1.807) is 0 Å². The van der Waals surface area contributed by atoms with Gasteiger partial charge in [-0.05, 0) is 18.1 Å². The summed E-state index contributed by atoms with van der Waals surface area (Å²) in [4.78, 5) is 4.40. The van der Waals surface area contributed by atoms with Crippen LogP contribution in [0.5, 0.6) is 0 Å². The van der Waals surface area contributed by atoms with Crippen molar-refractivity contribution in [1.82, 2.24) is 4.98 Å². The van der Waals surface area contributed by atoms with Crippen LogP contribution in [0, 0.1) is 6.92 Å². The standard InChI is InChI=1S/C17H15NOS2/c1-13-18-16(12-20-13)21(19)17(14-8-4-2-5-9-14)15-10-6-3-7-11-15/h2-12,17H,1H3. The first-order valence-electron chi connectivity index (χ1n) is 6.68. The number of thiazole rings is 1. The van der Waals surface area contributed by atoms with Crippen LogP contribution in [-0.4, -0.2) is 9.19 Å². The minimum absolute atomic E-state index is 0.186. The van der Waals surface area contributed by atoms with E-state index in [-0.39, 0.29) is 5.25 Å². The molecule has 0 aliphatic rings. The van der Waals surface area contributed by atoms with Gasteiger partial charge in [0.05, 0.1) is 21.1 Å². The second kappa shape index (κ2) is 6.33. The molecule has 1 unspecified atom stereocenters. The zero-order valence-electron chi connectivity index (χ0n) is 11.6. The van der Waals surface area contributed by atoms with Gasteiger partial charge in [-0.25, -0.2) is 4.98 Å². The van der Waals surface area contributed by atoms with E-state index in [2.05, 4.69) is 4.98 Å². The molecule has 2 aromatic carbocycles. The third-order valence-electron chi connectivity index (χ3n) is 3.22. The summed E-state index contributed by atoms with van der Waals surface area (Å²) >= 11 is 1.54. The average Bonchev–Trinajstić information content (AvgIpc) is 2.96. The molecule has 0 fully saturated rings. The molecular formula is C17H15NOS2. The summed E-state index contributed by atoms with van der Waals surface area (Å²) < 4.78 is 13.0. The second-order valence-electron chi connectivity index (χ2n) is 4.70. The summed E-state index contributed by atoms with van der Waals surface area (Å²) in [6.07, 6.45) is 0. The zero-order chi connectivity index (χ0) is 14.7. The first-order valence-corrected chi connectivity index (χ1v) is 8.77. The van der Waals surface area contributed by atoms with Crippen LogP contribution in [0.15, 0.2) is 71.1 Å². The fraction of sp³-hybridized carbons (Fsp3) is 0.118. The SMILES string of the molecule is Cc1nc(S(=O)C(c2ccccc2)c2ccccc2)cs1. The number of rotatable bonds is 4. The summed E-state index contributed by atoms with van der Waals surface area (Å²) in [5.41, 5.74) is 2.10. The first kappa shape index (κ1) is 14.2. The first-order chi connectivity index (χ1) is 10.3. The van der Waals surface area contributed by atoms with Gasteiger partial charge in [-0.3, -0.25) is 4.21 Å². The van der Waals surface area contributed by atoms with E-state index in [1.807, 2.05) is 73.0 Å². The third-order valence-corrected chi connectivity index (χ3v) is 5.74. The van der Waals surface area contributed by atoms with Gasteiger partial charge in [0.1, 0.15) is 5.03 Å². The predicted octanol–water partition coefficient (Wildman–Crippen LogP) is 4.35.